The van der Waals surface area contributed by atoms with Crippen LogP contribution < -0.4 is 5.32 Å². The molecule has 12 atom stereocenters. The first kappa shape index (κ1) is 63.8. The quantitative estimate of drug-likeness (QED) is 0.0206. The second-order valence-corrected chi connectivity index (χ2v) is 20.4. The van der Waals surface area contributed by atoms with Gasteiger partial charge in [-0.15, -0.1) is 0 Å². The van der Waals surface area contributed by atoms with Crippen molar-refractivity contribution >= 4 is 5.91 Å². The summed E-state index contributed by atoms with van der Waals surface area (Å²) in [6.07, 6.45) is 29.9. The van der Waals surface area contributed by atoms with Gasteiger partial charge in [-0.3, -0.25) is 4.79 Å². The summed E-state index contributed by atoms with van der Waals surface area (Å²) in [5.74, 6) is -0.239. The van der Waals surface area contributed by atoms with Gasteiger partial charge in [-0.2, -0.15) is 0 Å². The molecule has 0 aliphatic carbocycles. The highest BCUT2D eigenvalue weighted by Crippen LogP contribution is 2.30. The number of ether oxygens (including phenoxy) is 4. The average molecular weight is 988 g/mol. The number of nitrogens with one attached hydrogen (secondary N) is 1. The fourth-order valence-electron chi connectivity index (χ4n) is 9.59. The van der Waals surface area contributed by atoms with Gasteiger partial charge in [0, 0.05) is 6.42 Å². The van der Waals surface area contributed by atoms with E-state index >= 15 is 0 Å². The lowest BCUT2D eigenvalue weighted by atomic mass is 9.97. The summed E-state index contributed by atoms with van der Waals surface area (Å²) in [6.45, 7) is 2.79. The Kier molecular flexibility index (Phi) is 39.0. The molecule has 2 heterocycles. The van der Waals surface area contributed by atoms with Crippen LogP contribution in [0, 0.1) is 0 Å². The van der Waals surface area contributed by atoms with E-state index in [4.69, 9.17) is 18.9 Å². The van der Waals surface area contributed by atoms with Crippen LogP contribution >= 0.6 is 0 Å². The van der Waals surface area contributed by atoms with Crippen molar-refractivity contribution in [2.24, 2.45) is 0 Å². The lowest BCUT2D eigenvalue weighted by Crippen LogP contribution is -2.65. The van der Waals surface area contributed by atoms with Crippen molar-refractivity contribution in [1.29, 1.82) is 0 Å². The number of unbranched alkanes of at least 4 members (excludes halogenated alkanes) is 32. The molecule has 14 heteroatoms. The summed E-state index contributed by atoms with van der Waals surface area (Å²) in [7, 11) is 0. The zero-order valence-electron chi connectivity index (χ0n) is 43.6. The monoisotopic (exact) mass is 988 g/mol. The SMILES string of the molecule is CCCCCCCCCCCCCCCCCCCCCCCCC/C=C/C(O)C(COC1OC(CO)C(OC2OC(CO)C(O)C(O)C2O)C(O)C1O)NC(=O)CCCCCCCCCCCC. The topological polar surface area (TPSA) is 228 Å². The molecule has 2 rings (SSSR count). The van der Waals surface area contributed by atoms with Gasteiger partial charge in [0.15, 0.2) is 12.6 Å². The van der Waals surface area contributed by atoms with Gasteiger partial charge < -0.3 is 65.1 Å². The van der Waals surface area contributed by atoms with Crippen LogP contribution in [-0.2, 0) is 23.7 Å². The van der Waals surface area contributed by atoms with Crippen LogP contribution in [0.4, 0.5) is 0 Å². The zero-order valence-corrected chi connectivity index (χ0v) is 43.6. The van der Waals surface area contributed by atoms with Crippen molar-refractivity contribution in [3.05, 3.63) is 12.2 Å². The zero-order chi connectivity index (χ0) is 50.3. The molecule has 0 saturated carbocycles. The van der Waals surface area contributed by atoms with Crippen LogP contribution in [0.1, 0.15) is 239 Å². The maximum Gasteiger partial charge on any atom is 0.220 e. The molecule has 14 nitrogen and oxygen atoms in total. The number of hydrogen-bond donors (Lipinski definition) is 9. The van der Waals surface area contributed by atoms with Gasteiger partial charge in [0.25, 0.3) is 0 Å². The molecule has 0 spiro atoms. The van der Waals surface area contributed by atoms with Gasteiger partial charge in [0.05, 0.1) is 32.0 Å². The van der Waals surface area contributed by atoms with Crippen molar-refractivity contribution in [2.75, 3.05) is 19.8 Å². The average Bonchev–Trinajstić information content (AvgIpc) is 3.35. The maximum absolute atomic E-state index is 13.1. The number of aliphatic hydroxyl groups excluding tert-OH is 8. The summed E-state index contributed by atoms with van der Waals surface area (Å²) < 4.78 is 22.7. The Morgan fingerprint density at radius 3 is 1.33 bits per heavy atom. The van der Waals surface area contributed by atoms with Gasteiger partial charge in [0.1, 0.15) is 48.8 Å². The molecule has 0 aromatic rings. The number of amides is 1. The fraction of sp³-hybridized carbons (Fsp3) is 0.945. The summed E-state index contributed by atoms with van der Waals surface area (Å²) in [4.78, 5) is 13.1. The number of aliphatic hydroxyl groups is 8. The molecule has 0 radical (unpaired) electrons. The Labute approximate surface area is 418 Å². The predicted octanol–water partition coefficient (Wildman–Crippen LogP) is 8.72. The van der Waals surface area contributed by atoms with Gasteiger partial charge in [-0.25, -0.2) is 0 Å². The highest BCUT2D eigenvalue weighted by Gasteiger charge is 2.51. The van der Waals surface area contributed by atoms with Crippen molar-refractivity contribution in [2.45, 2.75) is 312 Å². The Morgan fingerprint density at radius 1 is 0.507 bits per heavy atom. The van der Waals surface area contributed by atoms with Gasteiger partial charge in [-0.1, -0.05) is 225 Å². The summed E-state index contributed by atoms with van der Waals surface area (Å²) >= 11 is 0. The third-order valence-electron chi connectivity index (χ3n) is 14.2. The molecule has 408 valence electrons. The molecule has 9 N–H and O–H groups in total. The van der Waals surface area contributed by atoms with Crippen LogP contribution in [-0.4, -0.2) is 140 Å². The minimum absolute atomic E-state index is 0.239. The third kappa shape index (κ3) is 28.7. The summed E-state index contributed by atoms with van der Waals surface area (Å²) in [5.41, 5.74) is 0. The largest absolute Gasteiger partial charge is 0.394 e. The van der Waals surface area contributed by atoms with Crippen LogP contribution in [0.3, 0.4) is 0 Å². The molecule has 12 unspecified atom stereocenters. The third-order valence-corrected chi connectivity index (χ3v) is 14.2. The first-order valence-electron chi connectivity index (χ1n) is 28.4. The molecule has 1 amide bonds. The molecular weight excluding hydrogens is 883 g/mol. The van der Waals surface area contributed by atoms with E-state index in [2.05, 4.69) is 19.2 Å². The number of hydrogen-bond acceptors (Lipinski definition) is 13. The second kappa shape index (κ2) is 42.1. The van der Waals surface area contributed by atoms with Crippen molar-refractivity contribution < 1.29 is 64.6 Å². The summed E-state index contributed by atoms with van der Waals surface area (Å²) in [5, 5.41) is 86.8. The van der Waals surface area contributed by atoms with Crippen molar-refractivity contribution in [3.8, 4) is 0 Å². The molecule has 0 bridgehead atoms. The highest BCUT2D eigenvalue weighted by atomic mass is 16.7. The van der Waals surface area contributed by atoms with E-state index in [0.29, 0.717) is 6.42 Å². The number of carbonyl (C=O) groups excluding carboxylic acids is 1. The first-order chi connectivity index (χ1) is 33.6. The Hall–Kier alpha value is -1.27. The molecule has 2 aliphatic heterocycles. The van der Waals surface area contributed by atoms with Crippen LogP contribution in [0.5, 0.6) is 0 Å². The predicted molar refractivity (Wildman–Crippen MR) is 272 cm³/mol. The Bertz CT molecular complexity index is 1210. The fourth-order valence-corrected chi connectivity index (χ4v) is 9.59. The van der Waals surface area contributed by atoms with E-state index in [9.17, 15) is 45.6 Å². The number of allylic oxidation sites excluding steroid dienone is 1. The standard InChI is InChI=1S/C55H105NO13/c1-3-5-7-9-11-13-15-16-17-18-19-20-21-22-23-24-25-26-27-28-29-30-32-34-36-38-44(59)43(56-47(60)39-37-35-33-31-14-12-10-8-6-4-2)42-66-54-52(65)50(63)53(46(41-58)68-54)69-55-51(64)49(62)48(61)45(40-57)67-55/h36,38,43-46,48-55,57-59,61-65H,3-35,37,39-42H2,1-2H3,(H,56,60)/b38-36+. The number of carbonyl (C=O) groups is 1. The minimum atomic E-state index is -1.78. The van der Waals surface area contributed by atoms with Crippen molar-refractivity contribution in [1.82, 2.24) is 5.32 Å². The maximum atomic E-state index is 13.1. The minimum Gasteiger partial charge on any atom is -0.394 e. The van der Waals surface area contributed by atoms with Crippen molar-refractivity contribution in [3.63, 3.8) is 0 Å². The van der Waals surface area contributed by atoms with E-state index in [-0.39, 0.29) is 18.9 Å². The highest BCUT2D eigenvalue weighted by molar-refractivity contribution is 5.76. The van der Waals surface area contributed by atoms with Crippen LogP contribution in [0.2, 0.25) is 0 Å². The van der Waals surface area contributed by atoms with E-state index in [1.54, 1.807) is 6.08 Å². The second-order valence-electron chi connectivity index (χ2n) is 20.4. The van der Waals surface area contributed by atoms with Crippen LogP contribution in [0.15, 0.2) is 12.2 Å². The summed E-state index contributed by atoms with van der Waals surface area (Å²) in [6, 6.07) is -0.908. The van der Waals surface area contributed by atoms with E-state index < -0.39 is 86.8 Å². The van der Waals surface area contributed by atoms with Crippen LogP contribution in [0.25, 0.3) is 0 Å². The molecule has 0 aromatic carbocycles. The normalized spacial score (nSPS) is 26.2. The van der Waals surface area contributed by atoms with Gasteiger partial charge in [0.2, 0.25) is 5.91 Å². The number of rotatable bonds is 45. The Balaban J connectivity index is 1.73. The van der Waals surface area contributed by atoms with E-state index in [0.717, 1.165) is 38.5 Å². The lowest BCUT2D eigenvalue weighted by molar-refractivity contribution is -0.359. The van der Waals surface area contributed by atoms with Gasteiger partial charge >= 0.3 is 0 Å². The molecular formula is C55H105NO13. The van der Waals surface area contributed by atoms with Gasteiger partial charge in [-0.05, 0) is 19.3 Å². The van der Waals surface area contributed by atoms with E-state index in [1.165, 1.54) is 173 Å². The smallest absolute Gasteiger partial charge is 0.220 e. The molecule has 2 aliphatic rings. The lowest BCUT2D eigenvalue weighted by Gasteiger charge is -2.46. The van der Waals surface area contributed by atoms with E-state index in [1.807, 2.05) is 6.08 Å². The molecule has 2 saturated heterocycles. The molecule has 0 aromatic heterocycles. The first-order valence-corrected chi connectivity index (χ1v) is 28.4. The Morgan fingerprint density at radius 2 is 0.899 bits per heavy atom. The molecule has 69 heavy (non-hydrogen) atoms. The molecule has 2 fully saturated rings.